The first-order valence-corrected chi connectivity index (χ1v) is 6.50. The zero-order valence-electron chi connectivity index (χ0n) is 9.31. The van der Waals surface area contributed by atoms with Crippen LogP contribution in [-0.2, 0) is 6.54 Å². The maximum absolute atomic E-state index is 4.29. The van der Waals surface area contributed by atoms with Crippen molar-refractivity contribution in [2.45, 2.75) is 25.4 Å². The second-order valence-corrected chi connectivity index (χ2v) is 5.14. The van der Waals surface area contributed by atoms with Gasteiger partial charge in [0.2, 0.25) is 0 Å². The molecule has 1 aliphatic rings. The normalized spacial score (nSPS) is 15.1. The van der Waals surface area contributed by atoms with Crippen LogP contribution in [0.3, 0.4) is 0 Å². The molecule has 0 unspecified atom stereocenters. The van der Waals surface area contributed by atoms with Crippen molar-refractivity contribution < 1.29 is 0 Å². The van der Waals surface area contributed by atoms with E-state index in [1.54, 1.807) is 6.33 Å². The van der Waals surface area contributed by atoms with Gasteiger partial charge in [0.15, 0.2) is 0 Å². The molecule has 1 saturated carbocycles. The standard InChI is InChI=1S/C12H13BrN4/c13-9-1-5-11(6-2-9)17-12(15-8-16-17)7-14-10-3-4-10/h1-2,5-6,8,10,14H,3-4,7H2. The molecule has 1 fully saturated rings. The quantitative estimate of drug-likeness (QED) is 0.940. The Bertz CT molecular complexity index is 501. The van der Waals surface area contributed by atoms with E-state index < -0.39 is 0 Å². The van der Waals surface area contributed by atoms with E-state index in [9.17, 15) is 0 Å². The van der Waals surface area contributed by atoms with E-state index in [2.05, 4.69) is 31.3 Å². The zero-order valence-corrected chi connectivity index (χ0v) is 10.9. The summed E-state index contributed by atoms with van der Waals surface area (Å²) in [6.45, 7) is 0.779. The summed E-state index contributed by atoms with van der Waals surface area (Å²) in [5, 5.41) is 7.71. The molecule has 3 rings (SSSR count). The molecule has 0 saturated heterocycles. The lowest BCUT2D eigenvalue weighted by Crippen LogP contribution is -2.18. The minimum absolute atomic E-state index is 0.685. The third-order valence-corrected chi connectivity index (χ3v) is 3.34. The summed E-state index contributed by atoms with van der Waals surface area (Å²) in [6.07, 6.45) is 4.17. The summed E-state index contributed by atoms with van der Waals surface area (Å²) in [5.41, 5.74) is 1.04. The van der Waals surface area contributed by atoms with Gasteiger partial charge < -0.3 is 5.32 Å². The molecule has 2 aromatic rings. The molecule has 1 heterocycles. The average Bonchev–Trinajstić information content (AvgIpc) is 3.06. The molecule has 0 spiro atoms. The van der Waals surface area contributed by atoms with Crippen LogP contribution >= 0.6 is 15.9 Å². The van der Waals surface area contributed by atoms with Crippen molar-refractivity contribution in [3.63, 3.8) is 0 Å². The van der Waals surface area contributed by atoms with Gasteiger partial charge in [-0.05, 0) is 37.1 Å². The van der Waals surface area contributed by atoms with Crippen LogP contribution < -0.4 is 5.32 Å². The Morgan fingerprint density at radius 1 is 1.29 bits per heavy atom. The lowest BCUT2D eigenvalue weighted by atomic mass is 10.3. The summed E-state index contributed by atoms with van der Waals surface area (Å²) in [6, 6.07) is 8.76. The first-order chi connectivity index (χ1) is 8.33. The predicted octanol–water partition coefficient (Wildman–Crippen LogP) is 2.28. The van der Waals surface area contributed by atoms with E-state index in [-0.39, 0.29) is 0 Å². The minimum atomic E-state index is 0.685. The Balaban J connectivity index is 1.81. The third-order valence-electron chi connectivity index (χ3n) is 2.82. The molecular weight excluding hydrogens is 280 g/mol. The Hall–Kier alpha value is -1.20. The van der Waals surface area contributed by atoms with Gasteiger partial charge in [0.1, 0.15) is 12.2 Å². The van der Waals surface area contributed by atoms with Gasteiger partial charge in [-0.1, -0.05) is 15.9 Å². The first-order valence-electron chi connectivity index (χ1n) is 5.71. The number of nitrogens with zero attached hydrogens (tertiary/aromatic N) is 3. The summed E-state index contributed by atoms with van der Waals surface area (Å²) in [5.74, 6) is 0.958. The number of nitrogens with one attached hydrogen (secondary N) is 1. The average molecular weight is 293 g/mol. The molecule has 0 aliphatic heterocycles. The highest BCUT2D eigenvalue weighted by molar-refractivity contribution is 9.10. The van der Waals surface area contributed by atoms with Gasteiger partial charge in [0, 0.05) is 10.5 Å². The lowest BCUT2D eigenvalue weighted by Gasteiger charge is -2.06. The maximum Gasteiger partial charge on any atom is 0.146 e. The fourth-order valence-electron chi connectivity index (χ4n) is 1.71. The summed E-state index contributed by atoms with van der Waals surface area (Å²) in [7, 11) is 0. The molecule has 1 aliphatic carbocycles. The Morgan fingerprint density at radius 3 is 2.76 bits per heavy atom. The van der Waals surface area contributed by atoms with Crippen LogP contribution in [0.4, 0.5) is 0 Å². The van der Waals surface area contributed by atoms with Crippen LogP contribution in [-0.4, -0.2) is 20.8 Å². The molecule has 0 radical (unpaired) electrons. The van der Waals surface area contributed by atoms with Gasteiger partial charge in [0.05, 0.1) is 12.2 Å². The minimum Gasteiger partial charge on any atom is -0.307 e. The van der Waals surface area contributed by atoms with E-state index in [0.29, 0.717) is 6.04 Å². The van der Waals surface area contributed by atoms with Gasteiger partial charge in [-0.3, -0.25) is 0 Å². The summed E-state index contributed by atoms with van der Waals surface area (Å²) in [4.78, 5) is 4.29. The van der Waals surface area contributed by atoms with Gasteiger partial charge in [-0.2, -0.15) is 5.10 Å². The maximum atomic E-state index is 4.29. The molecule has 88 valence electrons. The van der Waals surface area contributed by atoms with Crippen molar-refractivity contribution in [2.24, 2.45) is 0 Å². The van der Waals surface area contributed by atoms with Crippen LogP contribution in [0, 0.1) is 0 Å². The van der Waals surface area contributed by atoms with Crippen molar-refractivity contribution in [2.75, 3.05) is 0 Å². The molecular formula is C12H13BrN4. The van der Waals surface area contributed by atoms with Gasteiger partial charge in [-0.15, -0.1) is 0 Å². The van der Waals surface area contributed by atoms with E-state index in [1.807, 2.05) is 28.9 Å². The van der Waals surface area contributed by atoms with Crippen molar-refractivity contribution in [1.82, 2.24) is 20.1 Å². The molecule has 1 aromatic carbocycles. The van der Waals surface area contributed by atoms with Crippen molar-refractivity contribution in [3.8, 4) is 5.69 Å². The SMILES string of the molecule is Brc1ccc(-n2ncnc2CNC2CC2)cc1. The number of hydrogen-bond donors (Lipinski definition) is 1. The highest BCUT2D eigenvalue weighted by atomic mass is 79.9. The van der Waals surface area contributed by atoms with E-state index in [0.717, 1.165) is 22.5 Å². The number of hydrogen-bond acceptors (Lipinski definition) is 3. The van der Waals surface area contributed by atoms with Crippen molar-refractivity contribution >= 4 is 15.9 Å². The highest BCUT2D eigenvalue weighted by Crippen LogP contribution is 2.19. The molecule has 0 atom stereocenters. The van der Waals surface area contributed by atoms with Crippen LogP contribution in [0.5, 0.6) is 0 Å². The number of benzene rings is 1. The van der Waals surface area contributed by atoms with Crippen molar-refractivity contribution in [3.05, 3.63) is 40.9 Å². The number of halogens is 1. The van der Waals surface area contributed by atoms with Gasteiger partial charge in [-0.25, -0.2) is 9.67 Å². The molecule has 1 N–H and O–H groups in total. The van der Waals surface area contributed by atoms with Crippen LogP contribution in [0.1, 0.15) is 18.7 Å². The molecule has 17 heavy (non-hydrogen) atoms. The summed E-state index contributed by atoms with van der Waals surface area (Å²) < 4.78 is 2.95. The van der Waals surface area contributed by atoms with Crippen molar-refractivity contribution in [1.29, 1.82) is 0 Å². The highest BCUT2D eigenvalue weighted by Gasteiger charge is 2.21. The zero-order chi connectivity index (χ0) is 11.7. The molecule has 0 bridgehead atoms. The fourth-order valence-corrected chi connectivity index (χ4v) is 1.97. The Kier molecular flexibility index (Phi) is 2.94. The topological polar surface area (TPSA) is 42.7 Å². The number of aromatic nitrogens is 3. The molecule has 4 nitrogen and oxygen atoms in total. The fraction of sp³-hybridized carbons (Fsp3) is 0.333. The largest absolute Gasteiger partial charge is 0.307 e. The smallest absolute Gasteiger partial charge is 0.146 e. The molecule has 5 heteroatoms. The van der Waals surface area contributed by atoms with Gasteiger partial charge >= 0.3 is 0 Å². The van der Waals surface area contributed by atoms with Crippen LogP contribution in [0.2, 0.25) is 0 Å². The molecule has 0 amide bonds. The lowest BCUT2D eigenvalue weighted by molar-refractivity contribution is 0.638. The van der Waals surface area contributed by atoms with Crippen LogP contribution in [0.25, 0.3) is 5.69 Å². The second kappa shape index (κ2) is 4.58. The third kappa shape index (κ3) is 2.56. The monoisotopic (exact) mass is 292 g/mol. The second-order valence-electron chi connectivity index (χ2n) is 4.22. The van der Waals surface area contributed by atoms with Gasteiger partial charge in [0.25, 0.3) is 0 Å². The first kappa shape index (κ1) is 10.9. The van der Waals surface area contributed by atoms with E-state index in [1.165, 1.54) is 12.8 Å². The molecule has 1 aromatic heterocycles. The van der Waals surface area contributed by atoms with E-state index >= 15 is 0 Å². The predicted molar refractivity (Wildman–Crippen MR) is 68.9 cm³/mol. The number of rotatable bonds is 4. The van der Waals surface area contributed by atoms with E-state index in [4.69, 9.17) is 0 Å². The summed E-state index contributed by atoms with van der Waals surface area (Å²) >= 11 is 3.43. The van der Waals surface area contributed by atoms with Crippen LogP contribution in [0.15, 0.2) is 35.1 Å². The Labute approximate surface area is 108 Å². The Morgan fingerprint density at radius 2 is 2.06 bits per heavy atom.